The smallest absolute Gasteiger partial charge is 0.403 e. The highest BCUT2D eigenvalue weighted by Gasteiger charge is 2.34. The first-order chi connectivity index (χ1) is 16.3. The molecule has 1 amide bonds. The predicted molar refractivity (Wildman–Crippen MR) is 115 cm³/mol. The molecule has 0 fully saturated rings. The van der Waals surface area contributed by atoms with Crippen LogP contribution in [0.2, 0.25) is 0 Å². The molecule has 0 aliphatic heterocycles. The van der Waals surface area contributed by atoms with Gasteiger partial charge in [0.15, 0.2) is 17.2 Å². The van der Waals surface area contributed by atoms with E-state index < -0.39 is 35.5 Å². The Morgan fingerprint density at radius 1 is 1.14 bits per heavy atom. The Hall–Kier alpha value is -4.00. The van der Waals surface area contributed by atoms with E-state index in [0.29, 0.717) is 11.4 Å². The Morgan fingerprint density at radius 2 is 1.86 bits per heavy atom. The normalized spacial score (nSPS) is 13.1. The van der Waals surface area contributed by atoms with E-state index in [1.165, 1.54) is 24.6 Å². The van der Waals surface area contributed by atoms with Gasteiger partial charge in [0.1, 0.15) is 11.3 Å². The van der Waals surface area contributed by atoms with Gasteiger partial charge >= 0.3 is 6.36 Å². The predicted octanol–water partition coefficient (Wildman–Crippen LogP) is 3.41. The monoisotopic (exact) mass is 492 g/mol. The summed E-state index contributed by atoms with van der Waals surface area (Å²) in [6.45, 7) is 2.73. The van der Waals surface area contributed by atoms with Gasteiger partial charge in [0.2, 0.25) is 0 Å². The zero-order chi connectivity index (χ0) is 25.5. The van der Waals surface area contributed by atoms with Crippen LogP contribution in [0.5, 0.6) is 5.75 Å². The molecule has 3 heterocycles. The summed E-state index contributed by atoms with van der Waals surface area (Å²) in [7, 11) is 1.75. The van der Waals surface area contributed by atoms with Crippen molar-refractivity contribution in [2.24, 2.45) is 7.05 Å². The lowest BCUT2D eigenvalue weighted by Gasteiger charge is -2.30. The fraction of sp³-hybridized carbons (Fsp3) is 0.273. The first-order valence-electron chi connectivity index (χ1n) is 10.2. The number of halogens is 4. The lowest BCUT2D eigenvalue weighted by atomic mass is 9.91. The number of rotatable bonds is 6. The number of carbonyl (C=O) groups is 1. The van der Waals surface area contributed by atoms with E-state index in [1.807, 2.05) is 0 Å². The van der Waals surface area contributed by atoms with Crippen LogP contribution in [0.25, 0.3) is 17.0 Å². The van der Waals surface area contributed by atoms with Crippen LogP contribution in [0.3, 0.4) is 0 Å². The third-order valence-electron chi connectivity index (χ3n) is 5.09. The third-order valence-corrected chi connectivity index (χ3v) is 5.09. The lowest BCUT2D eigenvalue weighted by molar-refractivity contribution is -0.275. The molecule has 0 saturated carbocycles. The molecule has 13 heteroatoms. The summed E-state index contributed by atoms with van der Waals surface area (Å²) < 4.78 is 58.3. The molecule has 1 atom stereocenters. The highest BCUT2D eigenvalue weighted by Crippen LogP contribution is 2.32. The standard InChI is InChI=1S/C22H20F4N6O3/c1-21(2,34)18(12-4-5-17(14(23)10-12)35-22(24,25)26)29-20(33)13-11-27-32-9-7-15(28-19(13)32)16-6-8-31(3)30-16/h4-11,18,34H,1-3H3,(H,29,33). The second-order valence-corrected chi connectivity index (χ2v) is 8.31. The van der Waals surface area contributed by atoms with Crippen molar-refractivity contribution in [1.82, 2.24) is 29.7 Å². The zero-order valence-electron chi connectivity index (χ0n) is 18.7. The number of ether oxygens (including phenoxy) is 1. The maximum atomic E-state index is 14.3. The Balaban J connectivity index is 1.65. The van der Waals surface area contributed by atoms with Gasteiger partial charge in [0, 0.05) is 19.4 Å². The maximum Gasteiger partial charge on any atom is 0.573 e. The number of hydrogen-bond acceptors (Lipinski definition) is 6. The van der Waals surface area contributed by atoms with Crippen molar-refractivity contribution in [2.45, 2.75) is 31.9 Å². The molecule has 4 aromatic rings. The molecule has 184 valence electrons. The summed E-state index contributed by atoms with van der Waals surface area (Å²) in [6.07, 6.45) is -0.451. The number of nitrogens with zero attached hydrogens (tertiary/aromatic N) is 5. The number of benzene rings is 1. The molecule has 1 aromatic carbocycles. The fourth-order valence-electron chi connectivity index (χ4n) is 3.50. The topological polar surface area (TPSA) is 107 Å². The van der Waals surface area contributed by atoms with Gasteiger partial charge < -0.3 is 15.2 Å². The summed E-state index contributed by atoms with van der Waals surface area (Å²) in [4.78, 5) is 17.6. The van der Waals surface area contributed by atoms with Crippen LogP contribution in [0.15, 0.2) is 48.9 Å². The minimum Gasteiger partial charge on any atom is -0.403 e. The van der Waals surface area contributed by atoms with E-state index in [1.54, 1.807) is 36.3 Å². The quantitative estimate of drug-likeness (QED) is 0.400. The molecule has 35 heavy (non-hydrogen) atoms. The van der Waals surface area contributed by atoms with E-state index in [9.17, 15) is 27.5 Å². The fourth-order valence-corrected chi connectivity index (χ4v) is 3.50. The highest BCUT2D eigenvalue weighted by atomic mass is 19.4. The Kier molecular flexibility index (Phi) is 5.97. The molecule has 9 nitrogen and oxygen atoms in total. The highest BCUT2D eigenvalue weighted by molar-refractivity contribution is 6.00. The van der Waals surface area contributed by atoms with Gasteiger partial charge in [0.05, 0.1) is 23.5 Å². The number of hydrogen-bond donors (Lipinski definition) is 2. The van der Waals surface area contributed by atoms with Crippen LogP contribution in [0, 0.1) is 5.82 Å². The van der Waals surface area contributed by atoms with E-state index in [-0.39, 0.29) is 16.8 Å². The van der Waals surface area contributed by atoms with Crippen molar-refractivity contribution in [3.8, 4) is 17.1 Å². The second kappa shape index (κ2) is 8.65. The molecular formula is C22H20F4N6O3. The minimum absolute atomic E-state index is 0.0245. The summed E-state index contributed by atoms with van der Waals surface area (Å²) >= 11 is 0. The van der Waals surface area contributed by atoms with Crippen LogP contribution < -0.4 is 10.1 Å². The number of aliphatic hydroxyl groups is 1. The molecule has 2 N–H and O–H groups in total. The van der Waals surface area contributed by atoms with Gasteiger partial charge in [-0.15, -0.1) is 13.2 Å². The Labute approximate surface area is 196 Å². The molecule has 0 aliphatic carbocycles. The van der Waals surface area contributed by atoms with Crippen LogP contribution in [0.4, 0.5) is 17.6 Å². The molecule has 0 radical (unpaired) electrons. The van der Waals surface area contributed by atoms with Crippen molar-refractivity contribution in [1.29, 1.82) is 0 Å². The number of aryl methyl sites for hydroxylation is 1. The SMILES string of the molecule is Cn1ccc(-c2ccn3ncc(C(=O)NC(c4ccc(OC(F)(F)F)c(F)c4)C(C)(C)O)c3n2)n1. The second-order valence-electron chi connectivity index (χ2n) is 8.31. The molecule has 0 spiro atoms. The largest absolute Gasteiger partial charge is 0.573 e. The number of nitrogens with one attached hydrogen (secondary N) is 1. The molecule has 3 aromatic heterocycles. The molecule has 0 bridgehead atoms. The zero-order valence-corrected chi connectivity index (χ0v) is 18.7. The van der Waals surface area contributed by atoms with Crippen molar-refractivity contribution < 1.29 is 32.2 Å². The Bertz CT molecular complexity index is 1390. The van der Waals surface area contributed by atoms with Gasteiger partial charge in [0.25, 0.3) is 5.91 Å². The van der Waals surface area contributed by atoms with Crippen LogP contribution in [-0.4, -0.2) is 47.4 Å². The average molecular weight is 492 g/mol. The third kappa shape index (κ3) is 5.24. The van der Waals surface area contributed by atoms with E-state index in [4.69, 9.17) is 0 Å². The van der Waals surface area contributed by atoms with E-state index in [2.05, 4.69) is 25.2 Å². The van der Waals surface area contributed by atoms with Crippen molar-refractivity contribution >= 4 is 11.6 Å². The van der Waals surface area contributed by atoms with Crippen molar-refractivity contribution in [3.05, 3.63) is 65.9 Å². The molecule has 0 saturated heterocycles. The van der Waals surface area contributed by atoms with Gasteiger partial charge in [-0.2, -0.15) is 10.2 Å². The first kappa shape index (κ1) is 24.1. The maximum absolute atomic E-state index is 14.3. The first-order valence-corrected chi connectivity index (χ1v) is 10.2. The van der Waals surface area contributed by atoms with Crippen LogP contribution in [0.1, 0.15) is 35.8 Å². The van der Waals surface area contributed by atoms with E-state index >= 15 is 0 Å². The average Bonchev–Trinajstić information content (AvgIpc) is 3.37. The van der Waals surface area contributed by atoms with Gasteiger partial charge in [-0.3, -0.25) is 9.48 Å². The van der Waals surface area contributed by atoms with Gasteiger partial charge in [-0.25, -0.2) is 13.9 Å². The number of alkyl halides is 3. The molecule has 4 rings (SSSR count). The van der Waals surface area contributed by atoms with E-state index in [0.717, 1.165) is 18.2 Å². The Morgan fingerprint density at radius 3 is 2.46 bits per heavy atom. The summed E-state index contributed by atoms with van der Waals surface area (Å²) in [5, 5.41) is 21.6. The minimum atomic E-state index is -5.07. The molecular weight excluding hydrogens is 472 g/mol. The van der Waals surface area contributed by atoms with Crippen molar-refractivity contribution in [2.75, 3.05) is 0 Å². The number of amides is 1. The summed E-state index contributed by atoms with van der Waals surface area (Å²) in [6, 6.07) is 4.90. The number of carbonyl (C=O) groups excluding carboxylic acids is 1. The summed E-state index contributed by atoms with van der Waals surface area (Å²) in [5.41, 5.74) is -0.252. The number of aromatic nitrogens is 5. The van der Waals surface area contributed by atoms with Crippen molar-refractivity contribution in [3.63, 3.8) is 0 Å². The van der Waals surface area contributed by atoms with Gasteiger partial charge in [-0.1, -0.05) is 6.07 Å². The molecule has 1 unspecified atom stereocenters. The molecule has 0 aliphatic rings. The number of fused-ring (bicyclic) bond motifs is 1. The van der Waals surface area contributed by atoms with Crippen LogP contribution in [-0.2, 0) is 7.05 Å². The van der Waals surface area contributed by atoms with Crippen LogP contribution >= 0.6 is 0 Å². The lowest BCUT2D eigenvalue weighted by Crippen LogP contribution is -2.42. The summed E-state index contributed by atoms with van der Waals surface area (Å²) in [5.74, 6) is -3.02. The van der Waals surface area contributed by atoms with Gasteiger partial charge in [-0.05, 0) is 43.7 Å².